The van der Waals surface area contributed by atoms with Crippen molar-refractivity contribution >= 4 is 27.3 Å². The van der Waals surface area contributed by atoms with Gasteiger partial charge in [0.2, 0.25) is 10.0 Å². The Bertz CT molecular complexity index is 1200. The van der Waals surface area contributed by atoms with E-state index in [1.165, 1.54) is 18.2 Å². The fraction of sp³-hybridized carbons (Fsp3) is 0.316. The summed E-state index contributed by atoms with van der Waals surface area (Å²) in [5, 5.41) is 7.13. The predicted octanol–water partition coefficient (Wildman–Crippen LogP) is 1.59. The van der Waals surface area contributed by atoms with Crippen LogP contribution in [-0.2, 0) is 21.2 Å². The molecule has 152 valence electrons. The molecular formula is C19H21N5O4S. The Balaban J connectivity index is 1.38. The first-order valence-corrected chi connectivity index (χ1v) is 10.7. The molecule has 0 saturated heterocycles. The molecule has 0 spiro atoms. The summed E-state index contributed by atoms with van der Waals surface area (Å²) in [6, 6.07) is 8.27. The maximum Gasteiger partial charge on any atom is 0.262 e. The van der Waals surface area contributed by atoms with E-state index in [4.69, 9.17) is 4.74 Å². The number of sulfonamides is 1. The van der Waals surface area contributed by atoms with E-state index < -0.39 is 10.0 Å². The molecule has 0 saturated carbocycles. The smallest absolute Gasteiger partial charge is 0.262 e. The number of ether oxygens (including phenoxy) is 1. The van der Waals surface area contributed by atoms with Crippen LogP contribution < -0.4 is 14.8 Å². The lowest BCUT2D eigenvalue weighted by Crippen LogP contribution is -2.27. The van der Waals surface area contributed by atoms with Crippen molar-refractivity contribution in [1.82, 2.24) is 19.3 Å². The molecule has 0 radical (unpaired) electrons. The van der Waals surface area contributed by atoms with Crippen LogP contribution in [-0.4, -0.2) is 42.1 Å². The largest absolute Gasteiger partial charge is 0.482 e. The van der Waals surface area contributed by atoms with E-state index in [0.29, 0.717) is 24.3 Å². The first kappa shape index (κ1) is 19.3. The van der Waals surface area contributed by atoms with Crippen molar-refractivity contribution in [2.45, 2.75) is 31.6 Å². The van der Waals surface area contributed by atoms with Gasteiger partial charge in [0, 0.05) is 24.0 Å². The molecule has 2 N–H and O–H groups in total. The van der Waals surface area contributed by atoms with Crippen LogP contribution in [0.4, 0.5) is 5.69 Å². The number of fused-ring (bicyclic) bond motifs is 2. The maximum absolute atomic E-state index is 12.5. The van der Waals surface area contributed by atoms with Crippen LogP contribution in [0.1, 0.15) is 23.5 Å². The second-order valence-electron chi connectivity index (χ2n) is 6.94. The van der Waals surface area contributed by atoms with Gasteiger partial charge in [0.15, 0.2) is 12.3 Å². The minimum absolute atomic E-state index is 0.0741. The number of amides is 1. The van der Waals surface area contributed by atoms with Gasteiger partial charge >= 0.3 is 0 Å². The predicted molar refractivity (Wildman–Crippen MR) is 107 cm³/mol. The number of carbonyl (C=O) groups is 1. The third-order valence-corrected chi connectivity index (χ3v) is 6.04. The number of anilines is 1. The van der Waals surface area contributed by atoms with Crippen molar-refractivity contribution in [2.24, 2.45) is 0 Å². The molecule has 2 aromatic heterocycles. The molecule has 3 heterocycles. The molecule has 0 aliphatic carbocycles. The fourth-order valence-electron chi connectivity index (χ4n) is 3.25. The van der Waals surface area contributed by atoms with Crippen molar-refractivity contribution < 1.29 is 17.9 Å². The van der Waals surface area contributed by atoms with E-state index in [0.717, 1.165) is 22.7 Å². The Morgan fingerprint density at radius 1 is 1.24 bits per heavy atom. The number of carbonyl (C=O) groups excluding carboxylic acids is 1. The summed E-state index contributed by atoms with van der Waals surface area (Å²) in [7, 11) is -3.70. The van der Waals surface area contributed by atoms with Gasteiger partial charge in [-0.1, -0.05) is 0 Å². The zero-order chi connectivity index (χ0) is 20.6. The molecule has 10 heteroatoms. The first-order chi connectivity index (χ1) is 13.8. The van der Waals surface area contributed by atoms with Gasteiger partial charge in [0.25, 0.3) is 5.91 Å². The second kappa shape index (κ2) is 7.45. The van der Waals surface area contributed by atoms with Crippen molar-refractivity contribution in [3.8, 4) is 5.75 Å². The fourth-order valence-corrected chi connectivity index (χ4v) is 4.35. The summed E-state index contributed by atoms with van der Waals surface area (Å²) < 4.78 is 34.7. The number of aromatic nitrogens is 3. The molecule has 1 aliphatic rings. The van der Waals surface area contributed by atoms with E-state index in [2.05, 4.69) is 20.1 Å². The summed E-state index contributed by atoms with van der Waals surface area (Å²) in [4.78, 5) is 16.0. The summed E-state index contributed by atoms with van der Waals surface area (Å²) in [6.45, 7) is 4.10. The molecule has 1 aliphatic heterocycles. The lowest BCUT2D eigenvalue weighted by Gasteiger charge is -2.18. The molecule has 3 aromatic rings. The summed E-state index contributed by atoms with van der Waals surface area (Å²) in [5.41, 5.74) is 3.94. The zero-order valence-corrected chi connectivity index (χ0v) is 16.9. The third-order valence-electron chi connectivity index (χ3n) is 4.58. The Kier molecular flexibility index (Phi) is 4.97. The lowest BCUT2D eigenvalue weighted by molar-refractivity contribution is -0.118. The summed E-state index contributed by atoms with van der Waals surface area (Å²) in [5.74, 6) is 0.141. The number of nitrogens with one attached hydrogen (secondary N) is 2. The maximum atomic E-state index is 12.5. The van der Waals surface area contributed by atoms with Crippen molar-refractivity contribution in [3.05, 3.63) is 47.4 Å². The molecule has 0 unspecified atom stereocenters. The van der Waals surface area contributed by atoms with Gasteiger partial charge in [0.1, 0.15) is 5.75 Å². The number of hydrogen-bond acceptors (Lipinski definition) is 6. The van der Waals surface area contributed by atoms with E-state index in [1.54, 1.807) is 4.52 Å². The van der Waals surface area contributed by atoms with Gasteiger partial charge < -0.3 is 10.1 Å². The Morgan fingerprint density at radius 3 is 2.90 bits per heavy atom. The normalized spacial score (nSPS) is 13.8. The van der Waals surface area contributed by atoms with Crippen LogP contribution in [0.15, 0.2) is 35.2 Å². The van der Waals surface area contributed by atoms with Crippen molar-refractivity contribution in [1.29, 1.82) is 0 Å². The number of hydrogen-bond donors (Lipinski definition) is 2. The van der Waals surface area contributed by atoms with Gasteiger partial charge in [-0.2, -0.15) is 5.10 Å². The molecule has 0 atom stereocenters. The molecule has 4 rings (SSSR count). The van der Waals surface area contributed by atoms with Gasteiger partial charge in [-0.15, -0.1) is 0 Å². The average molecular weight is 415 g/mol. The molecule has 29 heavy (non-hydrogen) atoms. The SMILES string of the molecule is Cc1cc(C)n2nc(CCCNS(=O)(=O)c3ccc4c(c3)NC(=O)CO4)cc2n1. The molecule has 0 bridgehead atoms. The summed E-state index contributed by atoms with van der Waals surface area (Å²) >= 11 is 0. The van der Waals surface area contributed by atoms with E-state index in [1.807, 2.05) is 26.0 Å². The number of nitrogens with zero attached hydrogens (tertiary/aromatic N) is 3. The second-order valence-corrected chi connectivity index (χ2v) is 8.71. The van der Waals surface area contributed by atoms with Crippen LogP contribution in [0, 0.1) is 13.8 Å². The highest BCUT2D eigenvalue weighted by atomic mass is 32.2. The van der Waals surface area contributed by atoms with Gasteiger partial charge in [-0.25, -0.2) is 22.6 Å². The first-order valence-electron chi connectivity index (χ1n) is 9.21. The molecule has 9 nitrogen and oxygen atoms in total. The highest BCUT2D eigenvalue weighted by Crippen LogP contribution is 2.29. The van der Waals surface area contributed by atoms with Crippen LogP contribution in [0.25, 0.3) is 5.65 Å². The number of benzene rings is 1. The third kappa shape index (κ3) is 4.08. The Morgan fingerprint density at radius 2 is 2.07 bits per heavy atom. The van der Waals surface area contributed by atoms with E-state index in [-0.39, 0.29) is 24.0 Å². The van der Waals surface area contributed by atoms with Gasteiger partial charge in [-0.3, -0.25) is 4.79 Å². The minimum atomic E-state index is -3.70. The quantitative estimate of drug-likeness (QED) is 0.591. The van der Waals surface area contributed by atoms with Crippen molar-refractivity contribution in [2.75, 3.05) is 18.5 Å². The topological polar surface area (TPSA) is 115 Å². The minimum Gasteiger partial charge on any atom is -0.482 e. The van der Waals surface area contributed by atoms with E-state index >= 15 is 0 Å². The zero-order valence-electron chi connectivity index (χ0n) is 16.1. The summed E-state index contributed by atoms with van der Waals surface area (Å²) in [6.07, 6.45) is 1.21. The van der Waals surface area contributed by atoms with Crippen LogP contribution in [0.3, 0.4) is 0 Å². The Hall–Kier alpha value is -2.98. The van der Waals surface area contributed by atoms with Gasteiger partial charge in [-0.05, 0) is 51.0 Å². The highest BCUT2D eigenvalue weighted by molar-refractivity contribution is 7.89. The lowest BCUT2D eigenvalue weighted by atomic mass is 10.2. The van der Waals surface area contributed by atoms with Gasteiger partial charge in [0.05, 0.1) is 16.3 Å². The van der Waals surface area contributed by atoms with Crippen LogP contribution in [0.5, 0.6) is 5.75 Å². The van der Waals surface area contributed by atoms with Crippen molar-refractivity contribution in [3.63, 3.8) is 0 Å². The van der Waals surface area contributed by atoms with Crippen LogP contribution in [0.2, 0.25) is 0 Å². The Labute approximate surface area is 168 Å². The standard InChI is InChI=1S/C19H21N5O4S/c1-12-8-13(2)24-18(21-12)9-14(23-24)4-3-7-20-29(26,27)15-5-6-17-16(10-15)22-19(25)11-28-17/h5-6,8-10,20H,3-4,7,11H2,1-2H3,(H,22,25). The monoisotopic (exact) mass is 415 g/mol. The number of rotatable bonds is 6. The molecular weight excluding hydrogens is 394 g/mol. The molecule has 1 amide bonds. The molecule has 1 aromatic carbocycles. The van der Waals surface area contributed by atoms with Crippen LogP contribution >= 0.6 is 0 Å². The average Bonchev–Trinajstić information content (AvgIpc) is 3.08. The highest BCUT2D eigenvalue weighted by Gasteiger charge is 2.20. The van der Waals surface area contributed by atoms with E-state index in [9.17, 15) is 13.2 Å². The number of aryl methyl sites for hydroxylation is 3. The molecule has 0 fully saturated rings.